The maximum atomic E-state index is 6.23. The Morgan fingerprint density at radius 1 is 1.29 bits per heavy atom. The molecule has 21 heavy (non-hydrogen) atoms. The smallest absolute Gasteiger partial charge is 0.201 e. The van der Waals surface area contributed by atoms with Crippen LogP contribution in [0.2, 0.25) is 0 Å². The van der Waals surface area contributed by atoms with Crippen molar-refractivity contribution in [3.05, 3.63) is 18.2 Å². The lowest BCUT2D eigenvalue weighted by molar-refractivity contribution is 0.343. The third-order valence-corrected chi connectivity index (χ3v) is 4.60. The van der Waals surface area contributed by atoms with Gasteiger partial charge >= 0.3 is 0 Å². The van der Waals surface area contributed by atoms with E-state index in [9.17, 15) is 0 Å². The molecule has 2 unspecified atom stereocenters. The number of hydrogen-bond acceptors (Lipinski definition) is 3. The number of rotatable bonds is 3. The zero-order chi connectivity index (χ0) is 14.8. The minimum atomic E-state index is 0.469. The first-order valence-corrected chi connectivity index (χ1v) is 8.10. The Morgan fingerprint density at radius 2 is 2.14 bits per heavy atom. The standard InChI is InChI=1S/C17H25N3O/c1-3-21-15-9-5-8-14-16(15)19-17(18)20(14)13-7-4-6-12(2)10-11-13/h5,8-9,12-13H,3-4,6-7,10-11H2,1-2H3,(H2,18,19). The summed E-state index contributed by atoms with van der Waals surface area (Å²) in [5, 5.41) is 0. The van der Waals surface area contributed by atoms with Crippen LogP contribution in [0.3, 0.4) is 0 Å². The molecule has 2 N–H and O–H groups in total. The molecule has 3 rings (SSSR count). The topological polar surface area (TPSA) is 53.1 Å². The largest absolute Gasteiger partial charge is 0.492 e. The normalized spacial score (nSPS) is 23.1. The zero-order valence-electron chi connectivity index (χ0n) is 13.0. The van der Waals surface area contributed by atoms with Gasteiger partial charge in [0, 0.05) is 6.04 Å². The molecule has 2 atom stereocenters. The van der Waals surface area contributed by atoms with Crippen LogP contribution in [0.4, 0.5) is 5.95 Å². The van der Waals surface area contributed by atoms with Gasteiger partial charge in [0.2, 0.25) is 5.95 Å². The van der Waals surface area contributed by atoms with E-state index in [0.29, 0.717) is 18.6 Å². The summed E-state index contributed by atoms with van der Waals surface area (Å²) in [4.78, 5) is 4.57. The van der Waals surface area contributed by atoms with Crippen molar-refractivity contribution in [2.45, 2.75) is 52.0 Å². The van der Waals surface area contributed by atoms with Crippen LogP contribution in [-0.4, -0.2) is 16.2 Å². The highest BCUT2D eigenvalue weighted by molar-refractivity contribution is 5.84. The number of nitrogen functional groups attached to an aromatic ring is 1. The number of ether oxygens (including phenoxy) is 1. The second-order valence-corrected chi connectivity index (χ2v) is 6.16. The molecule has 1 aliphatic rings. The van der Waals surface area contributed by atoms with E-state index >= 15 is 0 Å². The fourth-order valence-corrected chi connectivity index (χ4v) is 3.49. The van der Waals surface area contributed by atoms with E-state index in [2.05, 4.69) is 22.5 Å². The van der Waals surface area contributed by atoms with Crippen molar-refractivity contribution in [2.75, 3.05) is 12.3 Å². The maximum absolute atomic E-state index is 6.23. The van der Waals surface area contributed by atoms with Gasteiger partial charge in [-0.25, -0.2) is 4.98 Å². The van der Waals surface area contributed by atoms with E-state index in [4.69, 9.17) is 10.5 Å². The highest BCUT2D eigenvalue weighted by Gasteiger charge is 2.22. The summed E-state index contributed by atoms with van der Waals surface area (Å²) in [6, 6.07) is 6.58. The van der Waals surface area contributed by atoms with Crippen LogP contribution in [-0.2, 0) is 0 Å². The van der Waals surface area contributed by atoms with Gasteiger partial charge in [-0.15, -0.1) is 0 Å². The fraction of sp³-hybridized carbons (Fsp3) is 0.588. The van der Waals surface area contributed by atoms with Gasteiger partial charge in [-0.2, -0.15) is 0 Å². The molecule has 0 saturated heterocycles. The number of benzene rings is 1. The van der Waals surface area contributed by atoms with Crippen molar-refractivity contribution < 1.29 is 4.74 Å². The SMILES string of the molecule is CCOc1cccc2c1nc(N)n2C1CCCC(C)CC1. The van der Waals surface area contributed by atoms with Gasteiger partial charge < -0.3 is 15.0 Å². The summed E-state index contributed by atoms with van der Waals surface area (Å²) in [5.74, 6) is 2.28. The lowest BCUT2D eigenvalue weighted by Gasteiger charge is -2.18. The van der Waals surface area contributed by atoms with Crippen molar-refractivity contribution in [1.82, 2.24) is 9.55 Å². The molecule has 0 bridgehead atoms. The van der Waals surface area contributed by atoms with E-state index in [1.165, 1.54) is 32.1 Å². The Bertz CT molecular complexity index is 620. The molecule has 1 heterocycles. The van der Waals surface area contributed by atoms with E-state index in [-0.39, 0.29) is 0 Å². The second kappa shape index (κ2) is 5.96. The average Bonchev–Trinajstić information content (AvgIpc) is 2.65. The van der Waals surface area contributed by atoms with E-state index in [1.807, 2.05) is 19.1 Å². The lowest BCUT2D eigenvalue weighted by Crippen LogP contribution is -2.11. The Kier molecular flexibility index (Phi) is 4.04. The monoisotopic (exact) mass is 287 g/mol. The molecule has 0 aliphatic heterocycles. The number of anilines is 1. The van der Waals surface area contributed by atoms with Crippen LogP contribution in [0.5, 0.6) is 5.75 Å². The summed E-state index contributed by atoms with van der Waals surface area (Å²) < 4.78 is 7.92. The van der Waals surface area contributed by atoms with Crippen molar-refractivity contribution >= 4 is 17.0 Å². The van der Waals surface area contributed by atoms with Crippen molar-refractivity contribution in [1.29, 1.82) is 0 Å². The fourth-order valence-electron chi connectivity index (χ4n) is 3.49. The van der Waals surface area contributed by atoms with Crippen molar-refractivity contribution in [3.8, 4) is 5.75 Å². The summed E-state index contributed by atoms with van der Waals surface area (Å²) in [7, 11) is 0. The Labute approximate surface area is 126 Å². The van der Waals surface area contributed by atoms with E-state index in [0.717, 1.165) is 22.7 Å². The quantitative estimate of drug-likeness (QED) is 0.862. The number of aromatic nitrogens is 2. The molecule has 1 aromatic heterocycles. The lowest BCUT2D eigenvalue weighted by atomic mass is 10.0. The van der Waals surface area contributed by atoms with E-state index in [1.54, 1.807) is 0 Å². The number of nitrogens with two attached hydrogens (primary N) is 1. The predicted molar refractivity (Wildman–Crippen MR) is 86.6 cm³/mol. The highest BCUT2D eigenvalue weighted by atomic mass is 16.5. The molecule has 114 valence electrons. The maximum Gasteiger partial charge on any atom is 0.201 e. The predicted octanol–water partition coefficient (Wildman–Crippen LogP) is 4.16. The van der Waals surface area contributed by atoms with Crippen LogP contribution in [0.15, 0.2) is 18.2 Å². The third-order valence-electron chi connectivity index (χ3n) is 4.60. The van der Waals surface area contributed by atoms with Gasteiger partial charge in [0.15, 0.2) is 0 Å². The molecule has 1 aromatic carbocycles. The van der Waals surface area contributed by atoms with Gasteiger partial charge in [-0.3, -0.25) is 0 Å². The van der Waals surface area contributed by atoms with Crippen molar-refractivity contribution in [3.63, 3.8) is 0 Å². The van der Waals surface area contributed by atoms with Gasteiger partial charge in [0.05, 0.1) is 12.1 Å². The molecule has 1 fully saturated rings. The summed E-state index contributed by atoms with van der Waals surface area (Å²) in [6.45, 7) is 4.99. The van der Waals surface area contributed by atoms with Crippen LogP contribution in [0.25, 0.3) is 11.0 Å². The average molecular weight is 287 g/mol. The summed E-state index contributed by atoms with van der Waals surface area (Å²) >= 11 is 0. The third kappa shape index (κ3) is 2.71. The van der Waals surface area contributed by atoms with Crippen LogP contribution in [0, 0.1) is 5.92 Å². The Hall–Kier alpha value is -1.71. The minimum absolute atomic E-state index is 0.469. The van der Waals surface area contributed by atoms with E-state index < -0.39 is 0 Å². The first-order valence-electron chi connectivity index (χ1n) is 8.10. The molecule has 2 aromatic rings. The number of hydrogen-bond donors (Lipinski definition) is 1. The molecule has 1 saturated carbocycles. The highest BCUT2D eigenvalue weighted by Crippen LogP contribution is 2.36. The molecule has 0 spiro atoms. The number of fused-ring (bicyclic) bond motifs is 1. The first kappa shape index (κ1) is 14.2. The van der Waals surface area contributed by atoms with Crippen molar-refractivity contribution in [2.24, 2.45) is 5.92 Å². The molecule has 4 nitrogen and oxygen atoms in total. The summed E-state index contributed by atoms with van der Waals surface area (Å²) in [6.07, 6.45) is 6.26. The Balaban J connectivity index is 2.02. The molecular weight excluding hydrogens is 262 g/mol. The molecular formula is C17H25N3O. The molecule has 1 aliphatic carbocycles. The van der Waals surface area contributed by atoms with Gasteiger partial charge in [-0.1, -0.05) is 25.8 Å². The molecule has 4 heteroatoms. The molecule has 0 amide bonds. The first-order chi connectivity index (χ1) is 10.2. The number of para-hydroxylation sites is 1. The number of imidazole rings is 1. The zero-order valence-corrected chi connectivity index (χ0v) is 13.0. The van der Waals surface area contributed by atoms with Crippen LogP contribution in [0.1, 0.15) is 52.0 Å². The van der Waals surface area contributed by atoms with Crippen LogP contribution < -0.4 is 10.5 Å². The Morgan fingerprint density at radius 3 is 2.95 bits per heavy atom. The van der Waals surface area contributed by atoms with Gasteiger partial charge in [0.1, 0.15) is 11.3 Å². The minimum Gasteiger partial charge on any atom is -0.492 e. The van der Waals surface area contributed by atoms with Gasteiger partial charge in [-0.05, 0) is 44.2 Å². The second-order valence-electron chi connectivity index (χ2n) is 6.16. The summed E-state index contributed by atoms with van der Waals surface area (Å²) in [5.41, 5.74) is 8.24. The number of nitrogens with zero attached hydrogens (tertiary/aromatic N) is 2. The van der Waals surface area contributed by atoms with Gasteiger partial charge in [0.25, 0.3) is 0 Å². The van der Waals surface area contributed by atoms with Crippen LogP contribution >= 0.6 is 0 Å². The molecule has 0 radical (unpaired) electrons.